The quantitative estimate of drug-likeness (QED) is 0.790. The van der Waals surface area contributed by atoms with Crippen LogP contribution in [0.3, 0.4) is 0 Å². The molecule has 0 saturated carbocycles. The van der Waals surface area contributed by atoms with Crippen LogP contribution in [0.25, 0.3) is 0 Å². The van der Waals surface area contributed by atoms with Crippen molar-refractivity contribution in [3.63, 3.8) is 0 Å². The SMILES string of the molecule is COC(=O)C(N)c1c(Cl)cncc1Cl. The van der Waals surface area contributed by atoms with Gasteiger partial charge in [0, 0.05) is 18.0 Å². The fourth-order valence-corrected chi connectivity index (χ4v) is 1.56. The second kappa shape index (κ2) is 4.59. The number of hydrogen-bond acceptors (Lipinski definition) is 4. The number of carbonyl (C=O) groups is 1. The van der Waals surface area contributed by atoms with Crippen LogP contribution in [0, 0.1) is 0 Å². The third-order valence-electron chi connectivity index (χ3n) is 1.66. The molecule has 0 saturated heterocycles. The van der Waals surface area contributed by atoms with Crippen LogP contribution in [0.5, 0.6) is 0 Å². The van der Waals surface area contributed by atoms with E-state index in [0.717, 1.165) is 0 Å². The Morgan fingerprint density at radius 3 is 2.43 bits per heavy atom. The van der Waals surface area contributed by atoms with Crippen molar-refractivity contribution in [1.29, 1.82) is 0 Å². The van der Waals surface area contributed by atoms with E-state index in [9.17, 15) is 4.79 Å². The highest BCUT2D eigenvalue weighted by Gasteiger charge is 2.22. The maximum Gasteiger partial charge on any atom is 0.327 e. The molecule has 1 atom stereocenters. The highest BCUT2D eigenvalue weighted by Crippen LogP contribution is 2.28. The van der Waals surface area contributed by atoms with E-state index in [1.165, 1.54) is 19.5 Å². The van der Waals surface area contributed by atoms with E-state index in [1.807, 2.05) is 0 Å². The molecule has 4 nitrogen and oxygen atoms in total. The molecule has 0 bridgehead atoms. The van der Waals surface area contributed by atoms with Crippen LogP contribution >= 0.6 is 23.2 Å². The molecule has 1 unspecified atom stereocenters. The lowest BCUT2D eigenvalue weighted by Crippen LogP contribution is -2.23. The van der Waals surface area contributed by atoms with Gasteiger partial charge in [-0.15, -0.1) is 0 Å². The van der Waals surface area contributed by atoms with E-state index in [1.54, 1.807) is 0 Å². The molecule has 2 N–H and O–H groups in total. The van der Waals surface area contributed by atoms with E-state index in [-0.39, 0.29) is 10.0 Å². The van der Waals surface area contributed by atoms with Gasteiger partial charge in [-0.1, -0.05) is 23.2 Å². The third-order valence-corrected chi connectivity index (χ3v) is 2.26. The van der Waals surface area contributed by atoms with Gasteiger partial charge < -0.3 is 10.5 Å². The van der Waals surface area contributed by atoms with Crippen molar-refractivity contribution >= 4 is 29.2 Å². The first kappa shape index (κ1) is 11.2. The zero-order valence-electron chi connectivity index (χ0n) is 7.33. The summed E-state index contributed by atoms with van der Waals surface area (Å²) in [4.78, 5) is 14.9. The first-order valence-corrected chi connectivity index (χ1v) is 4.45. The van der Waals surface area contributed by atoms with Crippen LogP contribution in [0.1, 0.15) is 11.6 Å². The summed E-state index contributed by atoms with van der Waals surface area (Å²) in [6, 6.07) is -0.983. The Bertz CT molecular complexity index is 337. The maximum absolute atomic E-state index is 11.1. The summed E-state index contributed by atoms with van der Waals surface area (Å²) in [6.07, 6.45) is 2.73. The molecule has 0 radical (unpaired) electrons. The molecular formula is C8H8Cl2N2O2. The first-order chi connectivity index (χ1) is 6.57. The Hall–Kier alpha value is -0.840. The molecule has 6 heteroatoms. The van der Waals surface area contributed by atoms with Crippen LogP contribution in [0.15, 0.2) is 12.4 Å². The van der Waals surface area contributed by atoms with E-state index in [0.29, 0.717) is 5.56 Å². The van der Waals surface area contributed by atoms with Gasteiger partial charge in [0.25, 0.3) is 0 Å². The zero-order chi connectivity index (χ0) is 10.7. The fourth-order valence-electron chi connectivity index (χ4n) is 0.963. The molecule has 1 aromatic heterocycles. The van der Waals surface area contributed by atoms with Crippen molar-refractivity contribution in [2.45, 2.75) is 6.04 Å². The molecule has 76 valence electrons. The number of aromatic nitrogens is 1. The van der Waals surface area contributed by atoms with E-state index in [2.05, 4.69) is 9.72 Å². The molecule has 14 heavy (non-hydrogen) atoms. The number of rotatable bonds is 2. The average molecular weight is 235 g/mol. The lowest BCUT2D eigenvalue weighted by molar-refractivity contribution is -0.142. The molecule has 0 aromatic carbocycles. The Balaban J connectivity index is 3.11. The predicted molar refractivity (Wildman–Crippen MR) is 53.2 cm³/mol. The minimum atomic E-state index is -0.983. The van der Waals surface area contributed by atoms with Gasteiger partial charge in [0.15, 0.2) is 0 Å². The summed E-state index contributed by atoms with van der Waals surface area (Å²) in [6.45, 7) is 0. The monoisotopic (exact) mass is 234 g/mol. The Kier molecular flexibility index (Phi) is 3.69. The standard InChI is InChI=1S/C8H8Cl2N2O2/c1-14-8(13)7(11)6-4(9)2-12-3-5(6)10/h2-3,7H,11H2,1H3. The van der Waals surface area contributed by atoms with Crippen molar-refractivity contribution in [2.75, 3.05) is 7.11 Å². The van der Waals surface area contributed by atoms with Gasteiger partial charge in [-0.25, -0.2) is 0 Å². The largest absolute Gasteiger partial charge is 0.468 e. The molecule has 1 heterocycles. The van der Waals surface area contributed by atoms with Crippen molar-refractivity contribution < 1.29 is 9.53 Å². The Morgan fingerprint density at radius 2 is 2.00 bits per heavy atom. The molecule has 0 spiro atoms. The minimum absolute atomic E-state index is 0.246. The third kappa shape index (κ3) is 2.15. The zero-order valence-corrected chi connectivity index (χ0v) is 8.84. The smallest absolute Gasteiger partial charge is 0.327 e. The lowest BCUT2D eigenvalue weighted by Gasteiger charge is -2.12. The lowest BCUT2D eigenvalue weighted by atomic mass is 10.1. The summed E-state index contributed by atoms with van der Waals surface area (Å²) in [5.41, 5.74) is 5.91. The summed E-state index contributed by atoms with van der Waals surface area (Å²) in [7, 11) is 1.24. The number of ether oxygens (including phenoxy) is 1. The molecular weight excluding hydrogens is 227 g/mol. The number of methoxy groups -OCH3 is 1. The average Bonchev–Trinajstić information content (AvgIpc) is 2.16. The number of pyridine rings is 1. The van der Waals surface area contributed by atoms with Crippen molar-refractivity contribution in [1.82, 2.24) is 4.98 Å². The van der Waals surface area contributed by atoms with Crippen LogP contribution in [-0.2, 0) is 9.53 Å². The normalized spacial score (nSPS) is 12.3. The fraction of sp³-hybridized carbons (Fsp3) is 0.250. The molecule has 0 fully saturated rings. The predicted octanol–water partition coefficient (Wildman–Crippen LogP) is 1.56. The van der Waals surface area contributed by atoms with Gasteiger partial charge in [-0.05, 0) is 0 Å². The number of halogens is 2. The van der Waals surface area contributed by atoms with Gasteiger partial charge in [0.2, 0.25) is 0 Å². The molecule has 1 rings (SSSR count). The van der Waals surface area contributed by atoms with E-state index < -0.39 is 12.0 Å². The summed E-state index contributed by atoms with van der Waals surface area (Å²) >= 11 is 11.6. The van der Waals surface area contributed by atoms with Crippen LogP contribution in [-0.4, -0.2) is 18.1 Å². The number of esters is 1. The Labute approximate surface area is 91.0 Å². The minimum Gasteiger partial charge on any atom is -0.468 e. The van der Waals surface area contributed by atoms with Crippen molar-refractivity contribution in [2.24, 2.45) is 5.73 Å². The number of hydrogen-bond donors (Lipinski definition) is 1. The number of nitrogens with zero attached hydrogens (tertiary/aromatic N) is 1. The van der Waals surface area contributed by atoms with E-state index in [4.69, 9.17) is 28.9 Å². The molecule has 1 aromatic rings. The van der Waals surface area contributed by atoms with Crippen LogP contribution < -0.4 is 5.73 Å². The molecule has 0 aliphatic carbocycles. The second-order valence-electron chi connectivity index (χ2n) is 2.52. The van der Waals surface area contributed by atoms with Crippen LogP contribution in [0.2, 0.25) is 10.0 Å². The van der Waals surface area contributed by atoms with Crippen molar-refractivity contribution in [3.8, 4) is 0 Å². The summed E-state index contributed by atoms with van der Waals surface area (Å²) in [5.74, 6) is -0.597. The molecule has 0 amide bonds. The topological polar surface area (TPSA) is 65.2 Å². The van der Waals surface area contributed by atoms with Crippen LogP contribution in [0.4, 0.5) is 0 Å². The molecule has 0 aliphatic heterocycles. The second-order valence-corrected chi connectivity index (χ2v) is 3.33. The maximum atomic E-state index is 11.1. The van der Waals surface area contributed by atoms with E-state index >= 15 is 0 Å². The van der Waals surface area contributed by atoms with Gasteiger partial charge in [-0.3, -0.25) is 9.78 Å². The summed E-state index contributed by atoms with van der Waals surface area (Å²) < 4.78 is 4.47. The highest BCUT2D eigenvalue weighted by atomic mass is 35.5. The Morgan fingerprint density at radius 1 is 1.50 bits per heavy atom. The number of carbonyl (C=O) groups excluding carboxylic acids is 1. The van der Waals surface area contributed by atoms with Gasteiger partial charge in [0.05, 0.1) is 17.2 Å². The van der Waals surface area contributed by atoms with Gasteiger partial charge in [-0.2, -0.15) is 0 Å². The summed E-state index contributed by atoms with van der Waals surface area (Å²) in [5, 5.41) is 0.491. The first-order valence-electron chi connectivity index (χ1n) is 3.70. The van der Waals surface area contributed by atoms with Gasteiger partial charge in [0.1, 0.15) is 6.04 Å². The number of nitrogens with two attached hydrogens (primary N) is 1. The molecule has 0 aliphatic rings. The highest BCUT2D eigenvalue weighted by molar-refractivity contribution is 6.36. The van der Waals surface area contributed by atoms with Gasteiger partial charge >= 0.3 is 5.97 Å². The van der Waals surface area contributed by atoms with Crippen molar-refractivity contribution in [3.05, 3.63) is 28.0 Å².